The number of carbonyl (C=O) groups is 1. The van der Waals surface area contributed by atoms with Gasteiger partial charge in [0.25, 0.3) is 0 Å². The van der Waals surface area contributed by atoms with E-state index in [1.807, 2.05) is 6.92 Å². The molecular weight excluding hydrogens is 202 g/mol. The zero-order valence-electron chi connectivity index (χ0n) is 8.03. The summed E-state index contributed by atoms with van der Waals surface area (Å²) in [7, 11) is 0. The molecule has 0 spiro atoms. The minimum absolute atomic E-state index is 0.339. The number of carboxylic acid groups (broad SMARTS) is 1. The zero-order chi connectivity index (χ0) is 11.0. The Bertz CT molecular complexity index is 270. The van der Waals surface area contributed by atoms with Crippen LogP contribution in [0.4, 0.5) is 0 Å². The molecular formula is C10H14ClNO2. The molecule has 4 heteroatoms. The van der Waals surface area contributed by atoms with Gasteiger partial charge in [-0.25, -0.2) is 4.79 Å². The molecule has 0 amide bonds. The van der Waals surface area contributed by atoms with Gasteiger partial charge in [-0.15, -0.1) is 11.6 Å². The fraction of sp³-hybridized carbons (Fsp3) is 0.300. The third-order valence-corrected chi connectivity index (χ3v) is 1.63. The molecule has 1 aromatic carbocycles. The first-order chi connectivity index (χ1) is 6.61. The Morgan fingerprint density at radius 1 is 1.43 bits per heavy atom. The summed E-state index contributed by atoms with van der Waals surface area (Å²) in [4.78, 5) is 10.3. The van der Waals surface area contributed by atoms with E-state index in [-0.39, 0.29) is 0 Å². The van der Waals surface area contributed by atoms with Crippen molar-refractivity contribution in [1.29, 1.82) is 0 Å². The van der Waals surface area contributed by atoms with Crippen LogP contribution in [0, 0.1) is 6.92 Å². The van der Waals surface area contributed by atoms with E-state index in [1.54, 1.807) is 24.3 Å². The van der Waals surface area contributed by atoms with Crippen LogP contribution in [0.1, 0.15) is 15.9 Å². The van der Waals surface area contributed by atoms with Gasteiger partial charge in [-0.1, -0.05) is 17.7 Å². The quantitative estimate of drug-likeness (QED) is 0.741. The normalized spacial score (nSPS) is 8.79. The number of rotatable bonds is 2. The molecule has 0 heterocycles. The second-order valence-electron chi connectivity index (χ2n) is 2.65. The Kier molecular flexibility index (Phi) is 6.80. The highest BCUT2D eigenvalue weighted by atomic mass is 35.5. The van der Waals surface area contributed by atoms with Gasteiger partial charge in [-0.3, -0.25) is 0 Å². The monoisotopic (exact) mass is 215 g/mol. The highest BCUT2D eigenvalue weighted by Gasteiger charge is 1.98. The van der Waals surface area contributed by atoms with E-state index in [1.165, 1.54) is 0 Å². The molecule has 0 aliphatic rings. The Morgan fingerprint density at radius 3 is 2.14 bits per heavy atom. The van der Waals surface area contributed by atoms with Crippen LogP contribution < -0.4 is 5.73 Å². The number of hydrogen-bond donors (Lipinski definition) is 2. The molecule has 1 rings (SSSR count). The lowest BCUT2D eigenvalue weighted by atomic mass is 10.2. The van der Waals surface area contributed by atoms with Crippen LogP contribution in [0.25, 0.3) is 0 Å². The van der Waals surface area contributed by atoms with Gasteiger partial charge in [0.1, 0.15) is 0 Å². The van der Waals surface area contributed by atoms with Crippen LogP contribution in [0.5, 0.6) is 0 Å². The minimum atomic E-state index is -0.875. The lowest BCUT2D eigenvalue weighted by Crippen LogP contribution is -1.97. The van der Waals surface area contributed by atoms with E-state index in [4.69, 9.17) is 22.4 Å². The van der Waals surface area contributed by atoms with Crippen molar-refractivity contribution in [1.82, 2.24) is 0 Å². The molecule has 14 heavy (non-hydrogen) atoms. The molecule has 3 nitrogen and oxygen atoms in total. The van der Waals surface area contributed by atoms with Crippen molar-refractivity contribution in [3.8, 4) is 0 Å². The maximum absolute atomic E-state index is 10.3. The van der Waals surface area contributed by atoms with Crippen LogP contribution in [0.2, 0.25) is 0 Å². The number of halogens is 1. The van der Waals surface area contributed by atoms with Crippen LogP contribution >= 0.6 is 11.6 Å². The molecule has 0 atom stereocenters. The van der Waals surface area contributed by atoms with Gasteiger partial charge in [0.15, 0.2) is 0 Å². The molecule has 0 saturated heterocycles. The molecule has 78 valence electrons. The first-order valence-corrected chi connectivity index (χ1v) is 4.71. The fourth-order valence-corrected chi connectivity index (χ4v) is 0.696. The van der Waals surface area contributed by atoms with Gasteiger partial charge in [-0.2, -0.15) is 0 Å². The first-order valence-electron chi connectivity index (χ1n) is 4.17. The average Bonchev–Trinajstić information content (AvgIpc) is 2.19. The summed E-state index contributed by atoms with van der Waals surface area (Å²) in [5.74, 6) is -0.306. The fourth-order valence-electron chi connectivity index (χ4n) is 0.696. The SMILES string of the molecule is Cc1ccc(C(=O)O)cc1.NCCCl. The lowest BCUT2D eigenvalue weighted by molar-refractivity contribution is 0.0697. The molecule has 0 saturated carbocycles. The first kappa shape index (κ1) is 12.9. The second kappa shape index (κ2) is 7.35. The minimum Gasteiger partial charge on any atom is -0.478 e. The zero-order valence-corrected chi connectivity index (χ0v) is 8.79. The summed E-state index contributed by atoms with van der Waals surface area (Å²) in [6, 6.07) is 6.75. The molecule has 0 aliphatic carbocycles. The maximum Gasteiger partial charge on any atom is 0.335 e. The van der Waals surface area contributed by atoms with E-state index in [9.17, 15) is 4.79 Å². The Balaban J connectivity index is 0.000000364. The summed E-state index contributed by atoms with van der Waals surface area (Å²) in [5, 5.41) is 8.48. The summed E-state index contributed by atoms with van der Waals surface area (Å²) >= 11 is 5.06. The largest absolute Gasteiger partial charge is 0.478 e. The molecule has 3 N–H and O–H groups in total. The molecule has 1 aromatic rings. The van der Waals surface area contributed by atoms with E-state index < -0.39 is 5.97 Å². The van der Waals surface area contributed by atoms with E-state index in [0.717, 1.165) is 5.56 Å². The van der Waals surface area contributed by atoms with Gasteiger partial charge in [-0.05, 0) is 19.1 Å². The highest BCUT2D eigenvalue weighted by molar-refractivity contribution is 6.18. The lowest BCUT2D eigenvalue weighted by Gasteiger charge is -1.92. The van der Waals surface area contributed by atoms with Gasteiger partial charge >= 0.3 is 5.97 Å². The molecule has 0 radical (unpaired) electrons. The van der Waals surface area contributed by atoms with Crippen molar-refractivity contribution in [2.45, 2.75) is 6.92 Å². The topological polar surface area (TPSA) is 63.3 Å². The Labute approximate surface area is 88.5 Å². The number of carboxylic acids is 1. The van der Waals surface area contributed by atoms with E-state index in [0.29, 0.717) is 18.0 Å². The van der Waals surface area contributed by atoms with Crippen LogP contribution in [0.15, 0.2) is 24.3 Å². The van der Waals surface area contributed by atoms with Gasteiger partial charge in [0.05, 0.1) is 5.56 Å². The summed E-state index contributed by atoms with van der Waals surface area (Å²) in [6.07, 6.45) is 0. The van der Waals surface area contributed by atoms with Crippen molar-refractivity contribution in [2.75, 3.05) is 12.4 Å². The third kappa shape index (κ3) is 5.56. The Morgan fingerprint density at radius 2 is 1.86 bits per heavy atom. The summed E-state index contributed by atoms with van der Waals surface area (Å²) in [5.41, 5.74) is 6.31. The molecule has 0 fully saturated rings. The molecule has 0 aromatic heterocycles. The van der Waals surface area contributed by atoms with Gasteiger partial charge < -0.3 is 10.8 Å². The van der Waals surface area contributed by atoms with E-state index in [2.05, 4.69) is 0 Å². The van der Waals surface area contributed by atoms with Gasteiger partial charge in [0.2, 0.25) is 0 Å². The smallest absolute Gasteiger partial charge is 0.335 e. The van der Waals surface area contributed by atoms with E-state index >= 15 is 0 Å². The summed E-state index contributed by atoms with van der Waals surface area (Å²) < 4.78 is 0. The van der Waals surface area contributed by atoms with Crippen molar-refractivity contribution in [3.63, 3.8) is 0 Å². The number of aromatic carboxylic acids is 1. The maximum atomic E-state index is 10.3. The van der Waals surface area contributed by atoms with Crippen molar-refractivity contribution >= 4 is 17.6 Å². The predicted molar refractivity (Wildman–Crippen MR) is 57.9 cm³/mol. The van der Waals surface area contributed by atoms with Crippen molar-refractivity contribution in [3.05, 3.63) is 35.4 Å². The standard InChI is InChI=1S/C8H8O2.C2H6ClN/c1-6-2-4-7(5-3-6)8(9)10;3-1-2-4/h2-5H,1H3,(H,9,10);1-2,4H2. The number of benzene rings is 1. The third-order valence-electron chi connectivity index (χ3n) is 1.41. The number of alkyl halides is 1. The highest BCUT2D eigenvalue weighted by Crippen LogP contribution is 2.01. The number of hydrogen-bond acceptors (Lipinski definition) is 2. The molecule has 0 bridgehead atoms. The van der Waals surface area contributed by atoms with Crippen LogP contribution in [0.3, 0.4) is 0 Å². The average molecular weight is 216 g/mol. The second-order valence-corrected chi connectivity index (χ2v) is 3.03. The Hall–Kier alpha value is -1.06. The number of nitrogens with two attached hydrogens (primary N) is 1. The molecule has 0 aliphatic heterocycles. The van der Waals surface area contributed by atoms with Crippen molar-refractivity contribution in [2.24, 2.45) is 5.73 Å². The van der Waals surface area contributed by atoms with Crippen molar-refractivity contribution < 1.29 is 9.90 Å². The molecule has 0 unspecified atom stereocenters. The van der Waals surface area contributed by atoms with Crippen LogP contribution in [-0.4, -0.2) is 23.5 Å². The summed E-state index contributed by atoms with van der Waals surface area (Å²) in [6.45, 7) is 2.51. The number of aryl methyl sites for hydroxylation is 1. The predicted octanol–water partition coefficient (Wildman–Crippen LogP) is 1.88. The van der Waals surface area contributed by atoms with Gasteiger partial charge in [0, 0.05) is 12.4 Å². The van der Waals surface area contributed by atoms with Crippen LogP contribution in [-0.2, 0) is 0 Å².